The molecule has 0 aliphatic rings. The molecule has 0 saturated carbocycles. The fraction of sp³-hybridized carbons (Fsp3) is 0.308. The molecule has 0 spiro atoms. The van der Waals surface area contributed by atoms with Crippen LogP contribution in [0.3, 0.4) is 0 Å². The van der Waals surface area contributed by atoms with E-state index in [1.54, 1.807) is 24.5 Å². The fourth-order valence-electron chi connectivity index (χ4n) is 1.85. The highest BCUT2D eigenvalue weighted by atomic mass is 32.2. The van der Waals surface area contributed by atoms with Crippen LogP contribution in [0, 0.1) is 0 Å². The third kappa shape index (κ3) is 3.24. The Kier molecular flexibility index (Phi) is 4.53. The maximum Gasteiger partial charge on any atom is 0.301 e. The lowest BCUT2D eigenvalue weighted by atomic mass is 10.1. The van der Waals surface area contributed by atoms with Gasteiger partial charge in [0, 0.05) is 31.4 Å². The van der Waals surface area contributed by atoms with Crippen LogP contribution in [0.5, 0.6) is 0 Å². The molecule has 0 bridgehead atoms. The molecule has 1 heterocycles. The zero-order valence-corrected chi connectivity index (χ0v) is 12.1. The number of hydrogen-bond donors (Lipinski definition) is 2. The highest BCUT2D eigenvalue weighted by Crippen LogP contribution is 2.23. The number of nitrogens with zero attached hydrogens (tertiary/aromatic N) is 2. The standard InChI is InChI=1S/C13H18N4O2S/c1-17(9-3-7-14)20(18,19)16-13-5-2-4-11-6-8-15-10-12(11)13/h2,4-6,8,10,16H,3,7,9,14H2,1H3. The van der Waals surface area contributed by atoms with Gasteiger partial charge < -0.3 is 5.73 Å². The molecule has 108 valence electrons. The maximum absolute atomic E-state index is 12.2. The highest BCUT2D eigenvalue weighted by Gasteiger charge is 2.17. The summed E-state index contributed by atoms with van der Waals surface area (Å²) in [5.41, 5.74) is 5.92. The third-order valence-electron chi connectivity index (χ3n) is 3.01. The molecule has 0 aliphatic carbocycles. The number of aromatic nitrogens is 1. The topological polar surface area (TPSA) is 88.3 Å². The quantitative estimate of drug-likeness (QED) is 0.837. The zero-order chi connectivity index (χ0) is 14.6. The monoisotopic (exact) mass is 294 g/mol. The van der Waals surface area contributed by atoms with Crippen molar-refractivity contribution in [3.05, 3.63) is 36.7 Å². The molecule has 0 radical (unpaired) electrons. The zero-order valence-electron chi connectivity index (χ0n) is 11.3. The van der Waals surface area contributed by atoms with Crippen molar-refractivity contribution >= 4 is 26.7 Å². The predicted molar refractivity (Wildman–Crippen MR) is 80.6 cm³/mol. The van der Waals surface area contributed by atoms with E-state index in [-0.39, 0.29) is 0 Å². The molecule has 0 aliphatic heterocycles. The molecule has 7 heteroatoms. The van der Waals surface area contributed by atoms with Crippen LogP contribution in [0.25, 0.3) is 10.8 Å². The number of fused-ring (bicyclic) bond motifs is 1. The van der Waals surface area contributed by atoms with Crippen molar-refractivity contribution in [3.8, 4) is 0 Å². The Morgan fingerprint density at radius 3 is 2.90 bits per heavy atom. The Bertz CT molecular complexity index is 682. The Labute approximate surface area is 118 Å². The number of nitrogens with one attached hydrogen (secondary N) is 1. The van der Waals surface area contributed by atoms with Gasteiger partial charge in [-0.3, -0.25) is 9.71 Å². The Morgan fingerprint density at radius 1 is 1.35 bits per heavy atom. The Morgan fingerprint density at radius 2 is 2.15 bits per heavy atom. The number of hydrogen-bond acceptors (Lipinski definition) is 4. The molecule has 6 nitrogen and oxygen atoms in total. The van der Waals surface area contributed by atoms with Crippen molar-refractivity contribution in [1.29, 1.82) is 0 Å². The van der Waals surface area contributed by atoms with Crippen LogP contribution >= 0.6 is 0 Å². The first-order valence-electron chi connectivity index (χ1n) is 6.31. The summed E-state index contributed by atoms with van der Waals surface area (Å²) in [6.45, 7) is 0.840. The number of anilines is 1. The minimum Gasteiger partial charge on any atom is -0.330 e. The maximum atomic E-state index is 12.2. The minimum absolute atomic E-state index is 0.384. The molecule has 3 N–H and O–H groups in total. The molecule has 0 amide bonds. The molecule has 1 aromatic carbocycles. The van der Waals surface area contributed by atoms with Gasteiger partial charge in [0.1, 0.15) is 0 Å². The molecule has 0 atom stereocenters. The van der Waals surface area contributed by atoms with Gasteiger partial charge in [-0.05, 0) is 30.5 Å². The predicted octanol–water partition coefficient (Wildman–Crippen LogP) is 1.17. The molecule has 2 aromatic rings. The van der Waals surface area contributed by atoms with Gasteiger partial charge in [0.05, 0.1) is 5.69 Å². The molecule has 2 rings (SSSR count). The van der Waals surface area contributed by atoms with Crippen molar-refractivity contribution in [2.24, 2.45) is 5.73 Å². The van der Waals surface area contributed by atoms with E-state index in [1.807, 2.05) is 12.1 Å². The first-order valence-corrected chi connectivity index (χ1v) is 7.75. The first-order chi connectivity index (χ1) is 9.54. The first kappa shape index (κ1) is 14.7. The Balaban J connectivity index is 2.27. The number of rotatable bonds is 6. The molecule has 0 fully saturated rings. The largest absolute Gasteiger partial charge is 0.330 e. The van der Waals surface area contributed by atoms with Gasteiger partial charge >= 0.3 is 10.2 Å². The second-order valence-corrected chi connectivity index (χ2v) is 6.25. The molecule has 0 unspecified atom stereocenters. The van der Waals surface area contributed by atoms with E-state index < -0.39 is 10.2 Å². The second kappa shape index (κ2) is 6.17. The molecular weight excluding hydrogens is 276 g/mol. The van der Waals surface area contributed by atoms with E-state index >= 15 is 0 Å². The summed E-state index contributed by atoms with van der Waals surface area (Å²) in [7, 11) is -2.05. The summed E-state index contributed by atoms with van der Waals surface area (Å²) in [5, 5.41) is 1.70. The summed E-state index contributed by atoms with van der Waals surface area (Å²) >= 11 is 0. The van der Waals surface area contributed by atoms with Crippen LogP contribution in [0.1, 0.15) is 6.42 Å². The molecule has 20 heavy (non-hydrogen) atoms. The van der Waals surface area contributed by atoms with Gasteiger partial charge in [-0.2, -0.15) is 12.7 Å². The fourth-order valence-corrected chi connectivity index (χ4v) is 2.83. The number of pyridine rings is 1. The lowest BCUT2D eigenvalue weighted by Gasteiger charge is -2.18. The summed E-state index contributed by atoms with van der Waals surface area (Å²) in [4.78, 5) is 4.03. The summed E-state index contributed by atoms with van der Waals surface area (Å²) < 4.78 is 28.3. The molecule has 0 saturated heterocycles. The number of nitrogens with two attached hydrogens (primary N) is 1. The van der Waals surface area contributed by atoms with E-state index in [0.29, 0.717) is 25.2 Å². The van der Waals surface area contributed by atoms with Crippen LogP contribution in [0.2, 0.25) is 0 Å². The average Bonchev–Trinajstić information content (AvgIpc) is 2.44. The van der Waals surface area contributed by atoms with E-state index in [9.17, 15) is 8.42 Å². The molecule has 1 aromatic heterocycles. The van der Waals surface area contributed by atoms with E-state index in [0.717, 1.165) is 10.8 Å². The van der Waals surface area contributed by atoms with Crippen LogP contribution in [-0.4, -0.2) is 37.8 Å². The van der Waals surface area contributed by atoms with Gasteiger partial charge in [0.15, 0.2) is 0 Å². The van der Waals surface area contributed by atoms with Gasteiger partial charge in [-0.15, -0.1) is 0 Å². The lowest BCUT2D eigenvalue weighted by molar-refractivity contribution is 0.468. The average molecular weight is 294 g/mol. The van der Waals surface area contributed by atoms with Crippen molar-refractivity contribution in [2.75, 3.05) is 24.9 Å². The normalized spacial score (nSPS) is 11.9. The lowest BCUT2D eigenvalue weighted by Crippen LogP contribution is -2.34. The SMILES string of the molecule is CN(CCCN)S(=O)(=O)Nc1cccc2ccncc12. The van der Waals surface area contributed by atoms with E-state index in [1.165, 1.54) is 11.4 Å². The van der Waals surface area contributed by atoms with Crippen molar-refractivity contribution in [1.82, 2.24) is 9.29 Å². The smallest absolute Gasteiger partial charge is 0.301 e. The second-order valence-electron chi connectivity index (χ2n) is 4.47. The minimum atomic E-state index is -3.58. The van der Waals surface area contributed by atoms with Crippen molar-refractivity contribution in [3.63, 3.8) is 0 Å². The van der Waals surface area contributed by atoms with Crippen LogP contribution in [-0.2, 0) is 10.2 Å². The van der Waals surface area contributed by atoms with Gasteiger partial charge in [0.2, 0.25) is 0 Å². The Hall–Kier alpha value is -1.70. The van der Waals surface area contributed by atoms with Gasteiger partial charge in [0.25, 0.3) is 0 Å². The summed E-state index contributed by atoms with van der Waals surface area (Å²) in [6.07, 6.45) is 3.94. The van der Waals surface area contributed by atoms with Crippen LogP contribution in [0.15, 0.2) is 36.7 Å². The van der Waals surface area contributed by atoms with Crippen molar-refractivity contribution in [2.45, 2.75) is 6.42 Å². The van der Waals surface area contributed by atoms with Crippen LogP contribution < -0.4 is 10.5 Å². The van der Waals surface area contributed by atoms with Gasteiger partial charge in [-0.1, -0.05) is 12.1 Å². The summed E-state index contributed by atoms with van der Waals surface area (Å²) in [5.74, 6) is 0. The van der Waals surface area contributed by atoms with E-state index in [4.69, 9.17) is 5.73 Å². The summed E-state index contributed by atoms with van der Waals surface area (Å²) in [6, 6.07) is 7.27. The molecular formula is C13H18N4O2S. The van der Waals surface area contributed by atoms with Crippen LogP contribution in [0.4, 0.5) is 5.69 Å². The third-order valence-corrected chi connectivity index (χ3v) is 4.49. The number of benzene rings is 1. The van der Waals surface area contributed by atoms with E-state index in [2.05, 4.69) is 9.71 Å². The highest BCUT2D eigenvalue weighted by molar-refractivity contribution is 7.90. The van der Waals surface area contributed by atoms with Crippen molar-refractivity contribution < 1.29 is 8.42 Å². The van der Waals surface area contributed by atoms with Gasteiger partial charge in [-0.25, -0.2) is 0 Å².